The average molecular weight is 328 g/mol. The van der Waals surface area contributed by atoms with Crippen molar-refractivity contribution in [3.63, 3.8) is 0 Å². The minimum Gasteiger partial charge on any atom is -0.319 e. The maximum Gasteiger partial charge on any atom is 0.160 e. The van der Waals surface area contributed by atoms with Gasteiger partial charge in [0.1, 0.15) is 11.3 Å². The summed E-state index contributed by atoms with van der Waals surface area (Å²) in [6.45, 7) is 0.604. The lowest BCUT2D eigenvalue weighted by atomic mass is 10.2. The number of benzene rings is 2. The van der Waals surface area contributed by atoms with Crippen LogP contribution in [0.5, 0.6) is 0 Å². The van der Waals surface area contributed by atoms with E-state index in [9.17, 15) is 4.39 Å². The average Bonchev–Trinajstić information content (AvgIpc) is 2.93. The molecule has 0 unspecified atom stereocenters. The first-order valence-electron chi connectivity index (χ1n) is 8.03. The lowest BCUT2D eigenvalue weighted by Crippen LogP contribution is -2.01. The summed E-state index contributed by atoms with van der Waals surface area (Å²) in [6, 6.07) is 16.4. The lowest BCUT2D eigenvalue weighted by Gasteiger charge is -2.07. The van der Waals surface area contributed by atoms with Crippen LogP contribution in [0.4, 0.5) is 4.39 Å². The van der Waals surface area contributed by atoms with Gasteiger partial charge in [-0.15, -0.1) is 0 Å². The van der Waals surface area contributed by atoms with E-state index in [0.717, 1.165) is 38.7 Å². The Labute approximate surface area is 142 Å². The molecular formula is C20H13FN4. The summed E-state index contributed by atoms with van der Waals surface area (Å²) in [5, 5.41) is 0.775. The number of nitrogens with zero attached hydrogens (tertiary/aromatic N) is 4. The predicted octanol–water partition coefficient (Wildman–Crippen LogP) is 4.32. The molecule has 2 aromatic carbocycles. The van der Waals surface area contributed by atoms with E-state index >= 15 is 0 Å². The number of hydrogen-bond acceptors (Lipinski definition) is 3. The van der Waals surface area contributed by atoms with Crippen LogP contribution in [0.2, 0.25) is 0 Å². The summed E-state index contributed by atoms with van der Waals surface area (Å²) in [5.41, 5.74) is 5.07. The van der Waals surface area contributed by atoms with E-state index in [0.29, 0.717) is 6.54 Å². The normalized spacial score (nSPS) is 11.6. The minimum absolute atomic E-state index is 0.275. The highest BCUT2D eigenvalue weighted by atomic mass is 19.1. The topological polar surface area (TPSA) is 43.6 Å². The van der Waals surface area contributed by atoms with Crippen LogP contribution in [-0.2, 0) is 6.54 Å². The Hall–Kier alpha value is -3.34. The van der Waals surface area contributed by atoms with Crippen LogP contribution in [0.25, 0.3) is 33.1 Å². The smallest absolute Gasteiger partial charge is 0.160 e. The van der Waals surface area contributed by atoms with Crippen LogP contribution in [-0.4, -0.2) is 19.5 Å². The van der Waals surface area contributed by atoms with Crippen molar-refractivity contribution in [2.24, 2.45) is 0 Å². The van der Waals surface area contributed by atoms with Gasteiger partial charge in [-0.3, -0.25) is 4.98 Å². The van der Waals surface area contributed by atoms with Crippen molar-refractivity contribution in [3.05, 3.63) is 78.4 Å². The molecule has 0 radical (unpaired) electrons. The van der Waals surface area contributed by atoms with Crippen molar-refractivity contribution >= 4 is 33.1 Å². The van der Waals surface area contributed by atoms with E-state index in [1.807, 2.05) is 42.6 Å². The van der Waals surface area contributed by atoms with Crippen LogP contribution < -0.4 is 0 Å². The maximum absolute atomic E-state index is 13.8. The third-order valence-electron chi connectivity index (χ3n) is 4.38. The molecule has 0 aliphatic rings. The highest BCUT2D eigenvalue weighted by Crippen LogP contribution is 2.29. The maximum atomic E-state index is 13.8. The van der Waals surface area contributed by atoms with Gasteiger partial charge in [0.05, 0.1) is 23.1 Å². The fourth-order valence-corrected chi connectivity index (χ4v) is 3.24. The zero-order chi connectivity index (χ0) is 16.8. The third kappa shape index (κ3) is 2.24. The van der Waals surface area contributed by atoms with Crippen LogP contribution in [0.1, 0.15) is 5.56 Å². The van der Waals surface area contributed by atoms with E-state index in [-0.39, 0.29) is 5.82 Å². The third-order valence-corrected chi connectivity index (χ3v) is 4.38. The second kappa shape index (κ2) is 5.34. The first-order chi connectivity index (χ1) is 12.3. The Morgan fingerprint density at radius 2 is 1.76 bits per heavy atom. The number of fused-ring (bicyclic) bond motifs is 4. The number of pyridine rings is 1. The molecule has 0 saturated carbocycles. The zero-order valence-corrected chi connectivity index (χ0v) is 13.2. The van der Waals surface area contributed by atoms with Gasteiger partial charge >= 0.3 is 0 Å². The molecule has 0 bridgehead atoms. The van der Waals surface area contributed by atoms with Gasteiger partial charge < -0.3 is 4.57 Å². The summed E-state index contributed by atoms with van der Waals surface area (Å²) >= 11 is 0. The molecule has 0 aliphatic carbocycles. The van der Waals surface area contributed by atoms with Gasteiger partial charge in [-0.05, 0) is 42.0 Å². The quantitative estimate of drug-likeness (QED) is 0.485. The van der Waals surface area contributed by atoms with E-state index < -0.39 is 0 Å². The molecule has 5 aromatic rings. The highest BCUT2D eigenvalue weighted by Gasteiger charge is 2.15. The van der Waals surface area contributed by atoms with Crippen molar-refractivity contribution in [3.8, 4) is 0 Å². The van der Waals surface area contributed by atoms with Gasteiger partial charge in [-0.2, -0.15) is 0 Å². The molecule has 0 aliphatic heterocycles. The Morgan fingerprint density at radius 3 is 2.56 bits per heavy atom. The SMILES string of the molecule is Fc1ccc2c(c1)c1nc3ccccc3nc1n2Cc1cccnc1. The first kappa shape index (κ1) is 14.0. The van der Waals surface area contributed by atoms with Gasteiger partial charge in [-0.1, -0.05) is 18.2 Å². The molecule has 0 spiro atoms. The predicted molar refractivity (Wildman–Crippen MR) is 95.8 cm³/mol. The molecule has 4 nitrogen and oxygen atoms in total. The highest BCUT2D eigenvalue weighted by molar-refractivity contribution is 6.06. The fraction of sp³-hybridized carbons (Fsp3) is 0.0500. The summed E-state index contributed by atoms with van der Waals surface area (Å²) in [5.74, 6) is -0.275. The van der Waals surface area contributed by atoms with Crippen molar-refractivity contribution < 1.29 is 4.39 Å². The van der Waals surface area contributed by atoms with Gasteiger partial charge in [0.15, 0.2) is 5.65 Å². The molecule has 3 heterocycles. The van der Waals surface area contributed by atoms with Gasteiger partial charge in [0, 0.05) is 17.8 Å². The first-order valence-corrected chi connectivity index (χ1v) is 8.03. The van der Waals surface area contributed by atoms with Crippen molar-refractivity contribution in [2.45, 2.75) is 6.54 Å². The Kier molecular flexibility index (Phi) is 3.00. The number of hydrogen-bond donors (Lipinski definition) is 0. The van der Waals surface area contributed by atoms with Crippen LogP contribution in [0.3, 0.4) is 0 Å². The summed E-state index contributed by atoms with van der Waals surface area (Å²) in [6.07, 6.45) is 3.58. The van der Waals surface area contributed by atoms with Gasteiger partial charge in [0.2, 0.25) is 0 Å². The second-order valence-electron chi connectivity index (χ2n) is 5.99. The van der Waals surface area contributed by atoms with Crippen molar-refractivity contribution in [1.29, 1.82) is 0 Å². The molecular weight excluding hydrogens is 315 g/mol. The summed E-state index contributed by atoms with van der Waals surface area (Å²) in [4.78, 5) is 13.7. The second-order valence-corrected chi connectivity index (χ2v) is 5.99. The van der Waals surface area contributed by atoms with Crippen molar-refractivity contribution in [2.75, 3.05) is 0 Å². The molecule has 5 rings (SSSR count). The number of halogens is 1. The van der Waals surface area contributed by atoms with Gasteiger partial charge in [-0.25, -0.2) is 14.4 Å². The molecule has 25 heavy (non-hydrogen) atoms. The molecule has 5 heteroatoms. The molecule has 3 aromatic heterocycles. The van der Waals surface area contributed by atoms with Crippen molar-refractivity contribution in [1.82, 2.24) is 19.5 Å². The molecule has 120 valence electrons. The van der Waals surface area contributed by atoms with Crippen LogP contribution in [0.15, 0.2) is 67.0 Å². The zero-order valence-electron chi connectivity index (χ0n) is 13.2. The Morgan fingerprint density at radius 1 is 0.920 bits per heavy atom. The van der Waals surface area contributed by atoms with E-state index in [2.05, 4.69) is 9.55 Å². The Bertz CT molecular complexity index is 1230. The monoisotopic (exact) mass is 328 g/mol. The number of para-hydroxylation sites is 2. The molecule has 0 saturated heterocycles. The molecule has 0 N–H and O–H groups in total. The molecule has 0 fully saturated rings. The van der Waals surface area contributed by atoms with Crippen LogP contribution in [0, 0.1) is 5.82 Å². The van der Waals surface area contributed by atoms with E-state index in [1.165, 1.54) is 12.1 Å². The molecule has 0 amide bonds. The van der Waals surface area contributed by atoms with E-state index in [4.69, 9.17) is 9.97 Å². The van der Waals surface area contributed by atoms with Crippen LogP contribution >= 0.6 is 0 Å². The standard InChI is InChI=1S/C20H13FN4/c21-14-7-8-18-15(10-14)19-20(24-17-6-2-1-5-16(17)23-19)25(18)12-13-4-3-9-22-11-13/h1-11H,12H2. The number of aromatic nitrogens is 4. The fourth-order valence-electron chi connectivity index (χ4n) is 3.24. The summed E-state index contributed by atoms with van der Waals surface area (Å²) < 4.78 is 15.9. The number of rotatable bonds is 2. The minimum atomic E-state index is -0.275. The van der Waals surface area contributed by atoms with Gasteiger partial charge in [0.25, 0.3) is 0 Å². The summed E-state index contributed by atoms with van der Waals surface area (Å²) in [7, 11) is 0. The van der Waals surface area contributed by atoms with E-state index in [1.54, 1.807) is 12.3 Å². The Balaban J connectivity index is 1.88. The largest absolute Gasteiger partial charge is 0.319 e. The molecule has 0 atom stereocenters. The lowest BCUT2D eigenvalue weighted by molar-refractivity contribution is 0.629.